The van der Waals surface area contributed by atoms with Crippen molar-refractivity contribution in [1.29, 1.82) is 0 Å². The molecule has 0 saturated carbocycles. The minimum absolute atomic E-state index is 0.108. The summed E-state index contributed by atoms with van der Waals surface area (Å²) < 4.78 is 36.6. The number of allylic oxidation sites excluding steroid dienone is 3. The number of rotatable bonds is 18. The summed E-state index contributed by atoms with van der Waals surface area (Å²) in [4.78, 5) is 11.3. The summed E-state index contributed by atoms with van der Waals surface area (Å²) in [5.74, 6) is -0.139. The molecule has 1 aliphatic rings. The number of ether oxygens (including phenoxy) is 1. The molecule has 0 spiro atoms. The minimum atomic E-state index is -3.69. The number of hydrogen-bond donors (Lipinski definition) is 4. The molecule has 0 aromatic heterocycles. The van der Waals surface area contributed by atoms with Gasteiger partial charge in [0.05, 0.1) is 11.2 Å². The van der Waals surface area contributed by atoms with Crippen LogP contribution < -0.4 is 10.2 Å². The summed E-state index contributed by atoms with van der Waals surface area (Å²) in [6.45, 7) is 22.9. The summed E-state index contributed by atoms with van der Waals surface area (Å²) >= 11 is 0. The van der Waals surface area contributed by atoms with Gasteiger partial charge in [-0.15, -0.1) is 0 Å². The van der Waals surface area contributed by atoms with Crippen molar-refractivity contribution in [2.75, 3.05) is 12.3 Å². The van der Waals surface area contributed by atoms with Gasteiger partial charge in [0.15, 0.2) is 5.71 Å². The molecule has 0 saturated heterocycles. The molecule has 0 atom stereocenters. The molecule has 65 heavy (non-hydrogen) atoms. The second-order valence-electron chi connectivity index (χ2n) is 18.2. The Morgan fingerprint density at radius 3 is 2.20 bits per heavy atom. The molecule has 1 heterocycles. The molecule has 6 rings (SSSR count). The van der Waals surface area contributed by atoms with Crippen molar-refractivity contribution < 1.29 is 42.2 Å². The Labute approximate surface area is 386 Å². The van der Waals surface area contributed by atoms with E-state index in [0.717, 1.165) is 58.2 Å². The largest absolute Gasteiger partial charge is 0.489 e. The number of aryl methyl sites for hydroxylation is 3. The van der Waals surface area contributed by atoms with Crippen molar-refractivity contribution >= 4 is 63.0 Å². The molecule has 342 valence electrons. The predicted molar refractivity (Wildman–Crippen MR) is 268 cm³/mol. The summed E-state index contributed by atoms with van der Waals surface area (Å²) in [6, 6.07) is 30.9. The van der Waals surface area contributed by atoms with Crippen molar-refractivity contribution in [2.45, 2.75) is 105 Å². The fourth-order valence-electron chi connectivity index (χ4n) is 8.24. The van der Waals surface area contributed by atoms with Crippen LogP contribution in [0.25, 0.3) is 22.9 Å². The Morgan fingerprint density at radius 1 is 0.862 bits per heavy atom. The highest BCUT2D eigenvalue weighted by molar-refractivity contribution is 7.85. The molecule has 9 nitrogen and oxygen atoms in total. The number of carboxylic acids is 1. The van der Waals surface area contributed by atoms with Crippen LogP contribution in [0.1, 0.15) is 111 Å². The second kappa shape index (κ2) is 21.6. The number of nitrogens with zero attached hydrogens (tertiary/aromatic N) is 1. The second-order valence-corrected chi connectivity index (χ2v) is 19.8. The first-order valence-electron chi connectivity index (χ1n) is 22.3. The van der Waals surface area contributed by atoms with E-state index in [1.54, 1.807) is 12.1 Å². The number of unbranched alkanes of at least 4 members (excludes halogenated alkanes) is 2. The first-order valence-corrected chi connectivity index (χ1v) is 23.9. The normalized spacial score (nSPS) is 13.6. The van der Waals surface area contributed by atoms with E-state index in [2.05, 4.69) is 145 Å². The van der Waals surface area contributed by atoms with Crippen molar-refractivity contribution in [2.24, 2.45) is 0 Å². The van der Waals surface area contributed by atoms with Crippen molar-refractivity contribution in [3.63, 3.8) is 0 Å². The molecular weight excluding hydrogens is 833 g/mol. The van der Waals surface area contributed by atoms with E-state index in [1.807, 2.05) is 25.1 Å². The predicted octanol–water partition coefficient (Wildman–Crippen LogP) is 10.6. The molecule has 0 fully saturated rings. The van der Waals surface area contributed by atoms with E-state index >= 15 is 0 Å². The third kappa shape index (κ3) is 13.3. The zero-order valence-corrected chi connectivity index (χ0v) is 40.0. The molecule has 5 aromatic carbocycles. The van der Waals surface area contributed by atoms with Gasteiger partial charge in [-0.1, -0.05) is 112 Å². The maximum absolute atomic E-state index is 11.3. The Balaban J connectivity index is 0.000000905. The third-order valence-corrected chi connectivity index (χ3v) is 13.1. The topological polar surface area (TPSA) is 144 Å². The average Bonchev–Trinajstić information content (AvgIpc) is 3.46. The summed E-state index contributed by atoms with van der Waals surface area (Å²) in [7, 11) is -5.19. The van der Waals surface area contributed by atoms with Gasteiger partial charge in [0, 0.05) is 36.0 Å². The molecule has 0 aliphatic carbocycles. The van der Waals surface area contributed by atoms with Gasteiger partial charge in [0.25, 0.3) is 10.1 Å². The van der Waals surface area contributed by atoms with Gasteiger partial charge in [-0.2, -0.15) is 13.0 Å². The summed E-state index contributed by atoms with van der Waals surface area (Å²) in [6.07, 6.45) is 11.6. The van der Waals surface area contributed by atoms with Crippen LogP contribution in [0.3, 0.4) is 0 Å². The lowest BCUT2D eigenvalue weighted by molar-refractivity contribution is -0.438. The maximum Gasteiger partial charge on any atom is 0.488 e. The van der Waals surface area contributed by atoms with Crippen LogP contribution in [0.2, 0.25) is 0 Å². The first-order chi connectivity index (χ1) is 30.6. The molecule has 11 heteroatoms. The Kier molecular flexibility index (Phi) is 16.8. The zero-order chi connectivity index (χ0) is 47.7. The number of hydrogen-bond acceptors (Lipinski definition) is 6. The summed E-state index contributed by atoms with van der Waals surface area (Å²) in [5.41, 5.74) is 12.5. The Hall–Kier alpha value is -5.59. The van der Waals surface area contributed by atoms with Crippen molar-refractivity contribution in [3.05, 3.63) is 160 Å². The van der Waals surface area contributed by atoms with Crippen LogP contribution in [0.5, 0.6) is 5.75 Å². The highest BCUT2D eigenvalue weighted by Gasteiger charge is 2.44. The average molecular weight is 899 g/mol. The highest BCUT2D eigenvalue weighted by Crippen LogP contribution is 2.41. The fourth-order valence-corrected chi connectivity index (χ4v) is 8.89. The van der Waals surface area contributed by atoms with Gasteiger partial charge < -0.3 is 19.9 Å². The van der Waals surface area contributed by atoms with Crippen LogP contribution in [-0.2, 0) is 32.3 Å². The first kappa shape index (κ1) is 50.4. The Morgan fingerprint density at radius 2 is 1.55 bits per heavy atom. The van der Waals surface area contributed by atoms with Gasteiger partial charge in [0.2, 0.25) is 5.69 Å². The molecule has 5 aromatic rings. The number of aliphatic carboxylic acids is 1. The van der Waals surface area contributed by atoms with Gasteiger partial charge in [-0.3, -0.25) is 9.35 Å². The molecule has 4 N–H and O–H groups in total. The monoisotopic (exact) mass is 898 g/mol. The molecular formula is C54H65BNO8S+. The lowest BCUT2D eigenvalue weighted by atomic mass is 9.75. The van der Waals surface area contributed by atoms with E-state index in [4.69, 9.17) is 9.29 Å². The lowest BCUT2D eigenvalue weighted by Gasteiger charge is -2.28. The number of benzene rings is 5. The van der Waals surface area contributed by atoms with E-state index in [1.165, 1.54) is 39.2 Å². The quantitative estimate of drug-likeness (QED) is 0.0224. The third-order valence-electron chi connectivity index (χ3n) is 12.3. The molecule has 0 radical (unpaired) electrons. The van der Waals surface area contributed by atoms with Crippen LogP contribution in [0.15, 0.2) is 115 Å². The van der Waals surface area contributed by atoms with E-state index in [0.29, 0.717) is 24.9 Å². The van der Waals surface area contributed by atoms with E-state index < -0.39 is 23.2 Å². The molecule has 0 bridgehead atoms. The van der Waals surface area contributed by atoms with Gasteiger partial charge in [-0.05, 0) is 133 Å². The number of carboxylic acid groups (broad SMARTS) is 1. The lowest BCUT2D eigenvalue weighted by Crippen LogP contribution is -2.29. The smallest absolute Gasteiger partial charge is 0.488 e. The van der Waals surface area contributed by atoms with E-state index in [9.17, 15) is 28.4 Å². The maximum atomic E-state index is 11.3. The number of fused-ring (bicyclic) bond motifs is 2. The number of carbonyl (C=O) groups is 1. The van der Waals surface area contributed by atoms with Crippen LogP contribution in [0.4, 0.5) is 5.69 Å². The highest BCUT2D eigenvalue weighted by atomic mass is 32.2. The summed E-state index contributed by atoms with van der Waals surface area (Å²) in [5, 5.41) is 30.4. The fraction of sp³-hybridized carbons (Fsp3) is 0.333. The van der Waals surface area contributed by atoms with Gasteiger partial charge >= 0.3 is 13.1 Å². The standard InChI is InChI=1S/C50H54BNO5.C4H10O3S/c1-33-12-14-35(3)44(27-33)49(5,6)36(4)15-16-38-29-39(43-23-22-42(31-40(43)30-38)57-32-37-17-20-41(21-18-37)51(55)56)19-25-47-50(7,8)45-28-34(2)13-24-46(45)52(47)26-10-9-11-48(53)54;1-2-3-4-8(5,6)7/h12-25,27-31,55-56H,4,9-11,26,32H2,1-3,5-8H3;2-4H2,1H3,(H,5,6,7)/p+1/b16-15+,25-19+;. The van der Waals surface area contributed by atoms with Gasteiger partial charge in [-0.25, -0.2) is 0 Å². The van der Waals surface area contributed by atoms with Gasteiger partial charge in [0.1, 0.15) is 18.9 Å². The van der Waals surface area contributed by atoms with Crippen LogP contribution >= 0.6 is 0 Å². The van der Waals surface area contributed by atoms with Crippen molar-refractivity contribution in [3.8, 4) is 5.75 Å². The van der Waals surface area contributed by atoms with Crippen LogP contribution in [-0.4, -0.2) is 63.8 Å². The Bertz CT molecular complexity index is 2730. The van der Waals surface area contributed by atoms with Crippen molar-refractivity contribution in [1.82, 2.24) is 0 Å². The molecule has 0 unspecified atom stereocenters. The molecule has 1 aliphatic heterocycles. The zero-order valence-electron chi connectivity index (χ0n) is 39.2. The van der Waals surface area contributed by atoms with E-state index in [-0.39, 0.29) is 23.0 Å². The van der Waals surface area contributed by atoms with Crippen LogP contribution in [0, 0.1) is 20.8 Å². The molecule has 0 amide bonds. The SMILES string of the molecule is C=C(/C=C/c1cc(/C=C/C2=[N+](CCCCC(=O)O)c3ccc(C)cc3C2(C)C)c2ccc(OCc3ccc(B(O)O)cc3)cc2c1)C(C)(C)c1cc(C)ccc1C.CCCCS(=O)(=O)O. The minimum Gasteiger partial charge on any atom is -0.489 e.